The molecule has 2 aromatic carbocycles. The summed E-state index contributed by atoms with van der Waals surface area (Å²) in [5.41, 5.74) is 1.87. The molecule has 0 bridgehead atoms. The van der Waals surface area contributed by atoms with Gasteiger partial charge in [0.2, 0.25) is 0 Å². The average molecular weight is 376 g/mol. The molecule has 2 rings (SSSR count). The molecule has 2 N–H and O–H groups in total. The van der Waals surface area contributed by atoms with Crippen LogP contribution in [0.3, 0.4) is 0 Å². The lowest BCUT2D eigenvalue weighted by Gasteiger charge is -2.23. The third-order valence-corrected chi connectivity index (χ3v) is 5.46. The van der Waals surface area contributed by atoms with E-state index in [0.29, 0.717) is 5.69 Å². The van der Waals surface area contributed by atoms with Gasteiger partial charge in [0.05, 0.1) is 21.8 Å². The number of carboxylic acids is 1. The predicted octanol–water partition coefficient (Wildman–Crippen LogP) is 3.73. The number of carbonyl (C=O) groups is 1. The summed E-state index contributed by atoms with van der Waals surface area (Å²) in [4.78, 5) is 13.3. The third kappa shape index (κ3) is 4.76. The minimum absolute atomic E-state index is 0.0271. The largest absolute Gasteiger partial charge is 0.478 e. The molecule has 0 saturated carbocycles. The minimum Gasteiger partial charge on any atom is -0.478 e. The minimum atomic E-state index is -3.82. The average Bonchev–Trinajstić information content (AvgIpc) is 2.59. The molecule has 0 radical (unpaired) electrons. The number of anilines is 2. The summed E-state index contributed by atoms with van der Waals surface area (Å²) in [6.07, 6.45) is 1.95. The van der Waals surface area contributed by atoms with Crippen molar-refractivity contribution in [1.29, 1.82) is 0 Å². The maximum absolute atomic E-state index is 12.7. The molecule has 0 amide bonds. The van der Waals surface area contributed by atoms with Crippen LogP contribution < -0.4 is 9.62 Å². The van der Waals surface area contributed by atoms with Crippen LogP contribution in [0.2, 0.25) is 0 Å². The summed E-state index contributed by atoms with van der Waals surface area (Å²) < 4.78 is 28.0. The van der Waals surface area contributed by atoms with Gasteiger partial charge in [-0.2, -0.15) is 0 Å². The second-order valence-corrected chi connectivity index (χ2v) is 7.91. The topological polar surface area (TPSA) is 86.7 Å². The second kappa shape index (κ2) is 8.23. The van der Waals surface area contributed by atoms with E-state index in [2.05, 4.69) is 11.6 Å². The standard InChI is InChI=1S/C19H24N2O4S/c1-4-5-12-21(3)18-11-8-15(19(22)23)13-17(18)20-26(24,25)16-9-6-14(2)7-10-16/h6-11,13,20H,4-5,12H2,1-3H3,(H,22,23). The van der Waals surface area contributed by atoms with Gasteiger partial charge in [-0.3, -0.25) is 4.72 Å². The summed E-state index contributed by atoms with van der Waals surface area (Å²) >= 11 is 0. The fraction of sp³-hybridized carbons (Fsp3) is 0.316. The van der Waals surface area contributed by atoms with Gasteiger partial charge in [0.1, 0.15) is 0 Å². The van der Waals surface area contributed by atoms with E-state index in [0.717, 1.165) is 24.9 Å². The van der Waals surface area contributed by atoms with Crippen molar-refractivity contribution in [3.05, 3.63) is 53.6 Å². The summed E-state index contributed by atoms with van der Waals surface area (Å²) in [6.45, 7) is 4.69. The van der Waals surface area contributed by atoms with Gasteiger partial charge in [-0.05, 0) is 43.7 Å². The van der Waals surface area contributed by atoms with Crippen LogP contribution in [0.5, 0.6) is 0 Å². The van der Waals surface area contributed by atoms with Gasteiger partial charge in [0.15, 0.2) is 0 Å². The highest BCUT2D eigenvalue weighted by molar-refractivity contribution is 7.92. The Morgan fingerprint density at radius 1 is 1.15 bits per heavy atom. The van der Waals surface area contributed by atoms with E-state index in [1.54, 1.807) is 18.2 Å². The van der Waals surface area contributed by atoms with E-state index in [1.807, 2.05) is 18.9 Å². The Hall–Kier alpha value is -2.54. The number of hydrogen-bond acceptors (Lipinski definition) is 4. The van der Waals surface area contributed by atoms with Crippen molar-refractivity contribution in [1.82, 2.24) is 0 Å². The van der Waals surface area contributed by atoms with Crippen molar-refractivity contribution >= 4 is 27.4 Å². The summed E-state index contributed by atoms with van der Waals surface area (Å²) in [5.74, 6) is -1.11. The van der Waals surface area contributed by atoms with Crippen molar-refractivity contribution in [2.45, 2.75) is 31.6 Å². The lowest BCUT2D eigenvalue weighted by atomic mass is 10.1. The number of nitrogens with one attached hydrogen (secondary N) is 1. The molecular formula is C19H24N2O4S. The van der Waals surface area contributed by atoms with Gasteiger partial charge in [-0.25, -0.2) is 13.2 Å². The zero-order chi connectivity index (χ0) is 19.3. The number of nitrogens with zero attached hydrogens (tertiary/aromatic N) is 1. The molecule has 2 aromatic rings. The molecule has 0 spiro atoms. The molecule has 26 heavy (non-hydrogen) atoms. The molecule has 0 unspecified atom stereocenters. The monoisotopic (exact) mass is 376 g/mol. The number of aromatic carboxylic acids is 1. The molecule has 0 fully saturated rings. The van der Waals surface area contributed by atoms with Gasteiger partial charge in [-0.1, -0.05) is 31.0 Å². The highest BCUT2D eigenvalue weighted by Crippen LogP contribution is 2.29. The third-order valence-electron chi connectivity index (χ3n) is 4.08. The van der Waals surface area contributed by atoms with Crippen LogP contribution in [0.1, 0.15) is 35.7 Å². The number of rotatable bonds is 8. The lowest BCUT2D eigenvalue weighted by molar-refractivity contribution is 0.0697. The number of carboxylic acid groups (broad SMARTS) is 1. The second-order valence-electron chi connectivity index (χ2n) is 6.23. The molecule has 0 heterocycles. The number of aryl methyl sites for hydroxylation is 1. The first kappa shape index (κ1) is 19.8. The molecule has 0 atom stereocenters. The maximum atomic E-state index is 12.7. The maximum Gasteiger partial charge on any atom is 0.335 e. The van der Waals surface area contributed by atoms with Gasteiger partial charge >= 0.3 is 5.97 Å². The fourth-order valence-corrected chi connectivity index (χ4v) is 3.59. The molecule has 0 saturated heterocycles. The first-order valence-corrected chi connectivity index (χ1v) is 9.91. The zero-order valence-corrected chi connectivity index (χ0v) is 16.0. The Balaban J connectivity index is 2.42. The molecule has 0 aliphatic heterocycles. The van der Waals surface area contributed by atoms with Gasteiger partial charge in [-0.15, -0.1) is 0 Å². The first-order valence-electron chi connectivity index (χ1n) is 8.42. The van der Waals surface area contributed by atoms with Crippen LogP contribution >= 0.6 is 0 Å². The molecule has 0 aromatic heterocycles. The van der Waals surface area contributed by atoms with Crippen LogP contribution in [0.15, 0.2) is 47.4 Å². The molecule has 140 valence electrons. The predicted molar refractivity (Wildman–Crippen MR) is 104 cm³/mol. The van der Waals surface area contributed by atoms with E-state index in [1.165, 1.54) is 24.3 Å². The fourth-order valence-electron chi connectivity index (χ4n) is 2.52. The normalized spacial score (nSPS) is 11.2. The lowest BCUT2D eigenvalue weighted by Crippen LogP contribution is -2.22. The number of hydrogen-bond donors (Lipinski definition) is 2. The number of unbranched alkanes of at least 4 members (excludes halogenated alkanes) is 1. The molecule has 6 nitrogen and oxygen atoms in total. The van der Waals surface area contributed by atoms with Crippen molar-refractivity contribution in [2.75, 3.05) is 23.2 Å². The zero-order valence-electron chi connectivity index (χ0n) is 15.2. The van der Waals surface area contributed by atoms with Gasteiger partial charge in [0.25, 0.3) is 10.0 Å². The Kier molecular flexibility index (Phi) is 6.26. The Morgan fingerprint density at radius 3 is 2.38 bits per heavy atom. The Bertz CT molecular complexity index is 877. The van der Waals surface area contributed by atoms with Crippen LogP contribution in [0, 0.1) is 6.92 Å². The Morgan fingerprint density at radius 2 is 1.81 bits per heavy atom. The SMILES string of the molecule is CCCCN(C)c1ccc(C(=O)O)cc1NS(=O)(=O)c1ccc(C)cc1. The van der Waals surface area contributed by atoms with Crippen LogP contribution in [-0.2, 0) is 10.0 Å². The number of sulfonamides is 1. The smallest absolute Gasteiger partial charge is 0.335 e. The highest BCUT2D eigenvalue weighted by atomic mass is 32.2. The summed E-state index contributed by atoms with van der Waals surface area (Å²) in [5, 5.41) is 9.24. The van der Waals surface area contributed by atoms with Crippen LogP contribution in [0.4, 0.5) is 11.4 Å². The van der Waals surface area contributed by atoms with Gasteiger partial charge in [0, 0.05) is 13.6 Å². The van der Waals surface area contributed by atoms with Crippen molar-refractivity contribution < 1.29 is 18.3 Å². The molecular weight excluding hydrogens is 352 g/mol. The quantitative estimate of drug-likeness (QED) is 0.733. The molecule has 0 aliphatic rings. The molecule has 0 aliphatic carbocycles. The summed E-state index contributed by atoms with van der Waals surface area (Å²) in [7, 11) is -1.96. The summed E-state index contributed by atoms with van der Waals surface area (Å²) in [6, 6.07) is 11.0. The van der Waals surface area contributed by atoms with E-state index < -0.39 is 16.0 Å². The van der Waals surface area contributed by atoms with Crippen molar-refractivity contribution in [2.24, 2.45) is 0 Å². The van der Waals surface area contributed by atoms with E-state index in [4.69, 9.17) is 0 Å². The highest BCUT2D eigenvalue weighted by Gasteiger charge is 2.19. The van der Waals surface area contributed by atoms with Crippen molar-refractivity contribution in [3.63, 3.8) is 0 Å². The van der Waals surface area contributed by atoms with Crippen LogP contribution in [0.25, 0.3) is 0 Å². The first-order chi connectivity index (χ1) is 12.2. The van der Waals surface area contributed by atoms with Crippen molar-refractivity contribution in [3.8, 4) is 0 Å². The Labute approximate surface area is 154 Å². The van der Waals surface area contributed by atoms with E-state index in [-0.39, 0.29) is 16.1 Å². The molecule has 7 heteroatoms. The van der Waals surface area contributed by atoms with E-state index in [9.17, 15) is 18.3 Å². The number of benzene rings is 2. The van der Waals surface area contributed by atoms with E-state index >= 15 is 0 Å². The van der Waals surface area contributed by atoms with Crippen LogP contribution in [-0.4, -0.2) is 33.1 Å². The van der Waals surface area contributed by atoms with Gasteiger partial charge < -0.3 is 10.0 Å².